The van der Waals surface area contributed by atoms with Crippen LogP contribution < -0.4 is 5.32 Å². The van der Waals surface area contributed by atoms with Gasteiger partial charge in [-0.3, -0.25) is 13.8 Å². The zero-order valence-electron chi connectivity index (χ0n) is 27.3. The minimum atomic E-state index is -4.31. The molecule has 0 fully saturated rings. The van der Waals surface area contributed by atoms with Gasteiger partial charge in [-0.15, -0.1) is 0 Å². The maximum atomic E-state index is 12.6. The second-order valence-electron chi connectivity index (χ2n) is 12.5. The zero-order chi connectivity index (χ0) is 30.8. The molecule has 0 radical (unpaired) electrons. The topological polar surface area (TPSA) is 105 Å². The Bertz CT molecular complexity index is 698. The Hall–Kier alpha value is -0.760. The van der Waals surface area contributed by atoms with Gasteiger partial charge in [0.1, 0.15) is 13.2 Å². The van der Waals surface area contributed by atoms with Crippen molar-refractivity contribution in [2.24, 2.45) is 0 Å². The van der Waals surface area contributed by atoms with Gasteiger partial charge in [0.25, 0.3) is 0 Å². The van der Waals surface area contributed by atoms with Crippen molar-refractivity contribution in [3.05, 3.63) is 12.2 Å². The number of aliphatic hydroxyl groups excluding tert-OH is 1. The number of nitrogens with zero attached hydrogens (tertiary/aromatic N) is 1. The molecule has 3 N–H and O–H groups in total. The summed E-state index contributed by atoms with van der Waals surface area (Å²) in [5, 5.41) is 13.6. The van der Waals surface area contributed by atoms with Gasteiger partial charge in [-0.2, -0.15) is 0 Å². The second-order valence-corrected chi connectivity index (χ2v) is 14.0. The van der Waals surface area contributed by atoms with E-state index in [0.29, 0.717) is 17.4 Å². The Kier molecular flexibility index (Phi) is 25.2. The summed E-state index contributed by atoms with van der Waals surface area (Å²) in [6, 6.07) is -0.835. The molecule has 0 aliphatic rings. The molecule has 1 unspecified atom stereocenters. The Morgan fingerprint density at radius 2 is 1.29 bits per heavy atom. The highest BCUT2D eigenvalue weighted by atomic mass is 31.2. The molecule has 0 spiro atoms. The summed E-state index contributed by atoms with van der Waals surface area (Å²) < 4.78 is 23.3. The highest BCUT2D eigenvalue weighted by Gasteiger charge is 2.27. The minimum Gasteiger partial charge on any atom is -0.387 e. The van der Waals surface area contributed by atoms with Crippen molar-refractivity contribution in [1.82, 2.24) is 5.32 Å². The smallest absolute Gasteiger partial charge is 0.387 e. The molecule has 0 aromatic rings. The molecular formula is C32H66N2O6P+. The number of rotatable bonds is 29. The van der Waals surface area contributed by atoms with Crippen LogP contribution in [0.3, 0.4) is 0 Å². The van der Waals surface area contributed by atoms with Gasteiger partial charge in [-0.25, -0.2) is 4.57 Å². The highest BCUT2D eigenvalue weighted by molar-refractivity contribution is 7.47. The summed E-state index contributed by atoms with van der Waals surface area (Å²) in [5.74, 6) is -0.189. The van der Waals surface area contributed by atoms with Crippen LogP contribution in [0.4, 0.5) is 0 Å². The van der Waals surface area contributed by atoms with E-state index in [1.807, 2.05) is 27.2 Å². The van der Waals surface area contributed by atoms with E-state index in [-0.39, 0.29) is 19.1 Å². The Labute approximate surface area is 252 Å². The summed E-state index contributed by atoms with van der Waals surface area (Å²) in [6.45, 7) is 4.71. The number of allylic oxidation sites excluding steroid dienone is 1. The standard InChI is InChI=1S/C32H65N2O6P/c1-6-8-10-12-14-15-16-17-18-19-20-21-23-25-31(35)30(33-32(36)26-24-22-13-11-9-7-2)29-40-41(37,38)39-28-27-34(3,4)5/h23,25,30-31,35H,6-22,24,26-29H2,1-5H3,(H-,33,36,37,38)/p+1/b25-23-/t30-,31+/m0/s1. The predicted octanol–water partition coefficient (Wildman–Crippen LogP) is 7.68. The van der Waals surface area contributed by atoms with E-state index in [2.05, 4.69) is 19.2 Å². The van der Waals surface area contributed by atoms with Crippen LogP contribution in [-0.4, -0.2) is 73.4 Å². The van der Waals surface area contributed by atoms with Crippen LogP contribution in [0.5, 0.6) is 0 Å². The average molecular weight is 606 g/mol. The number of phosphoric ester groups is 1. The van der Waals surface area contributed by atoms with Gasteiger partial charge >= 0.3 is 7.82 Å². The Morgan fingerprint density at radius 3 is 1.80 bits per heavy atom. The molecule has 0 aliphatic carbocycles. The number of nitrogens with one attached hydrogen (secondary N) is 1. The summed E-state index contributed by atoms with van der Waals surface area (Å²) in [6.07, 6.45) is 24.3. The van der Waals surface area contributed by atoms with Gasteiger partial charge in [0.15, 0.2) is 0 Å². The van der Waals surface area contributed by atoms with Gasteiger partial charge in [0.2, 0.25) is 5.91 Å². The molecule has 0 rings (SSSR count). The molecule has 8 nitrogen and oxygen atoms in total. The molecule has 9 heteroatoms. The van der Waals surface area contributed by atoms with E-state index in [1.165, 1.54) is 77.0 Å². The molecule has 0 bridgehead atoms. The summed E-state index contributed by atoms with van der Waals surface area (Å²) in [5.41, 5.74) is 0. The Balaban J connectivity index is 4.58. The first-order valence-corrected chi connectivity index (χ1v) is 18.1. The fourth-order valence-corrected chi connectivity index (χ4v) is 5.24. The lowest BCUT2D eigenvalue weighted by Crippen LogP contribution is -2.45. The van der Waals surface area contributed by atoms with Crippen molar-refractivity contribution in [2.75, 3.05) is 40.9 Å². The molecule has 0 aliphatic heterocycles. The maximum Gasteiger partial charge on any atom is 0.472 e. The van der Waals surface area contributed by atoms with Gasteiger partial charge in [-0.1, -0.05) is 122 Å². The third-order valence-electron chi connectivity index (χ3n) is 7.26. The number of aliphatic hydroxyl groups is 1. The molecule has 0 heterocycles. The summed E-state index contributed by atoms with van der Waals surface area (Å²) in [4.78, 5) is 22.7. The number of hydrogen-bond acceptors (Lipinski definition) is 5. The molecule has 1 amide bonds. The van der Waals surface area contributed by atoms with Gasteiger partial charge < -0.3 is 19.8 Å². The third-order valence-corrected chi connectivity index (χ3v) is 8.24. The van der Waals surface area contributed by atoms with E-state index < -0.39 is 20.0 Å². The molecule has 244 valence electrons. The highest BCUT2D eigenvalue weighted by Crippen LogP contribution is 2.43. The SMILES string of the molecule is CCCCCCCCCCCCC/C=C\[C@@H](O)[C@H](COP(=O)(O)OCC[N+](C)(C)C)NC(=O)CCCCCCCC. The first-order chi connectivity index (χ1) is 19.5. The van der Waals surface area contributed by atoms with Crippen LogP contribution in [-0.2, 0) is 18.4 Å². The number of phosphoric acid groups is 1. The summed E-state index contributed by atoms with van der Waals surface area (Å²) >= 11 is 0. The number of carbonyl (C=O) groups excluding carboxylic acids is 1. The lowest BCUT2D eigenvalue weighted by Gasteiger charge is -2.25. The van der Waals surface area contributed by atoms with E-state index >= 15 is 0 Å². The number of unbranched alkanes of at least 4 members (excludes halogenated alkanes) is 16. The van der Waals surface area contributed by atoms with Crippen molar-refractivity contribution >= 4 is 13.7 Å². The average Bonchev–Trinajstić information content (AvgIpc) is 2.90. The molecule has 0 saturated carbocycles. The molecule has 0 aromatic carbocycles. The van der Waals surface area contributed by atoms with E-state index in [1.54, 1.807) is 6.08 Å². The fourth-order valence-electron chi connectivity index (χ4n) is 4.51. The van der Waals surface area contributed by atoms with Crippen molar-refractivity contribution < 1.29 is 32.9 Å². The van der Waals surface area contributed by atoms with Crippen LogP contribution in [0.25, 0.3) is 0 Å². The normalized spacial score (nSPS) is 15.2. The van der Waals surface area contributed by atoms with Crippen molar-refractivity contribution in [1.29, 1.82) is 0 Å². The molecule has 0 aromatic heterocycles. The zero-order valence-corrected chi connectivity index (χ0v) is 28.2. The number of likely N-dealkylation sites (N-methyl/N-ethyl adjacent to an activating group) is 1. The van der Waals surface area contributed by atoms with E-state index in [0.717, 1.165) is 38.5 Å². The van der Waals surface area contributed by atoms with Crippen LogP contribution in [0.2, 0.25) is 0 Å². The van der Waals surface area contributed by atoms with Crippen LogP contribution >= 0.6 is 7.82 Å². The lowest BCUT2D eigenvalue weighted by molar-refractivity contribution is -0.870. The monoisotopic (exact) mass is 605 g/mol. The van der Waals surface area contributed by atoms with Crippen molar-refractivity contribution in [3.63, 3.8) is 0 Å². The number of carbonyl (C=O) groups is 1. The molecule has 0 saturated heterocycles. The van der Waals surface area contributed by atoms with Crippen molar-refractivity contribution in [2.45, 2.75) is 148 Å². The van der Waals surface area contributed by atoms with E-state index in [9.17, 15) is 19.4 Å². The van der Waals surface area contributed by atoms with Gasteiger partial charge in [0.05, 0.1) is 39.9 Å². The maximum absolute atomic E-state index is 12.6. The second kappa shape index (κ2) is 25.7. The minimum absolute atomic E-state index is 0.0632. The molecule has 3 atom stereocenters. The van der Waals surface area contributed by atoms with Gasteiger partial charge in [-0.05, 0) is 19.3 Å². The summed E-state index contributed by atoms with van der Waals surface area (Å²) in [7, 11) is 1.57. The fraction of sp³-hybridized carbons (Fsp3) is 0.906. The number of hydrogen-bond donors (Lipinski definition) is 3. The first kappa shape index (κ1) is 40.2. The molecular weight excluding hydrogens is 539 g/mol. The predicted molar refractivity (Wildman–Crippen MR) is 171 cm³/mol. The van der Waals surface area contributed by atoms with E-state index in [4.69, 9.17) is 9.05 Å². The lowest BCUT2D eigenvalue weighted by atomic mass is 10.0. The largest absolute Gasteiger partial charge is 0.472 e. The van der Waals surface area contributed by atoms with Crippen LogP contribution in [0.1, 0.15) is 136 Å². The van der Waals surface area contributed by atoms with Crippen molar-refractivity contribution in [3.8, 4) is 0 Å². The number of quaternary nitrogens is 1. The first-order valence-electron chi connectivity index (χ1n) is 16.6. The van der Waals surface area contributed by atoms with Crippen LogP contribution in [0, 0.1) is 0 Å². The molecule has 41 heavy (non-hydrogen) atoms. The number of amides is 1. The van der Waals surface area contributed by atoms with Gasteiger partial charge in [0, 0.05) is 6.42 Å². The third kappa shape index (κ3) is 27.8. The Morgan fingerprint density at radius 1 is 0.805 bits per heavy atom. The quantitative estimate of drug-likeness (QED) is 0.0350. The van der Waals surface area contributed by atoms with Crippen LogP contribution in [0.15, 0.2) is 12.2 Å².